The fourth-order valence-corrected chi connectivity index (χ4v) is 10.3. The van der Waals surface area contributed by atoms with Crippen molar-refractivity contribution in [3.05, 3.63) is 234 Å². The number of nitrogens with zero attached hydrogens (tertiary/aromatic N) is 8. The van der Waals surface area contributed by atoms with Crippen molar-refractivity contribution in [2.24, 2.45) is 0 Å². The molecule has 0 aliphatic heterocycles. The zero-order valence-corrected chi connectivity index (χ0v) is 38.2. The molecular formula is C64H34N8. The maximum absolute atomic E-state index is 10.3. The maximum Gasteiger partial charge on any atom is 0.138 e. The monoisotopic (exact) mass is 914 g/mol. The van der Waals surface area contributed by atoms with Gasteiger partial charge in [0.1, 0.15) is 5.82 Å². The van der Waals surface area contributed by atoms with Gasteiger partial charge in [-0.05, 0) is 117 Å². The summed E-state index contributed by atoms with van der Waals surface area (Å²) >= 11 is 0. The van der Waals surface area contributed by atoms with Crippen LogP contribution < -0.4 is 0 Å². The Hall–Kier alpha value is -10.8. The van der Waals surface area contributed by atoms with Crippen LogP contribution in [0.5, 0.6) is 0 Å². The standard InChI is InChI=1S/C64H34N8/c65-34-40-10-9-15-41(28-40)58-33-64(72-61-31-44(52-18-7-3-13-48(52)37-68)22-26-56(61)57-27-23-45(32-62(57)72)53-19-8-4-14-49(53)38-69)70-39-63(58)71-59-29-42(50-16-5-1-11-46(50)35-66)20-24-54(59)55-25-21-43(30-60(55)71)51-17-6-2-12-47(51)36-67/h1-33,39H. The van der Waals surface area contributed by atoms with Crippen LogP contribution >= 0.6 is 0 Å². The average Bonchev–Trinajstić information content (AvgIpc) is 3.95. The van der Waals surface area contributed by atoms with Crippen molar-refractivity contribution in [1.82, 2.24) is 14.1 Å². The molecule has 3 aromatic heterocycles. The smallest absolute Gasteiger partial charge is 0.138 e. The molecule has 0 aliphatic carbocycles. The van der Waals surface area contributed by atoms with E-state index < -0.39 is 0 Å². The van der Waals surface area contributed by atoms with Crippen molar-refractivity contribution in [3.63, 3.8) is 0 Å². The third kappa shape index (κ3) is 6.92. The Labute approximate surface area is 413 Å². The fraction of sp³-hybridized carbons (Fsp3) is 0. The van der Waals surface area contributed by atoms with E-state index >= 15 is 0 Å². The fourth-order valence-electron chi connectivity index (χ4n) is 10.3. The summed E-state index contributed by atoms with van der Waals surface area (Å²) in [5, 5.41) is 55.0. The molecule has 3 heterocycles. The number of hydrogen-bond acceptors (Lipinski definition) is 6. The average molecular weight is 915 g/mol. The van der Waals surface area contributed by atoms with Crippen molar-refractivity contribution >= 4 is 43.6 Å². The van der Waals surface area contributed by atoms with Gasteiger partial charge in [-0.15, -0.1) is 0 Å². The van der Waals surface area contributed by atoms with E-state index in [1.54, 1.807) is 6.07 Å². The van der Waals surface area contributed by atoms with E-state index in [2.05, 4.69) is 106 Å². The molecule has 0 saturated carbocycles. The molecule has 9 aromatic carbocycles. The molecule has 0 fully saturated rings. The van der Waals surface area contributed by atoms with Gasteiger partial charge in [-0.2, -0.15) is 26.3 Å². The second-order valence-corrected chi connectivity index (χ2v) is 17.5. The van der Waals surface area contributed by atoms with Gasteiger partial charge in [0.25, 0.3) is 0 Å². The maximum atomic E-state index is 10.3. The van der Waals surface area contributed by atoms with Gasteiger partial charge < -0.3 is 4.57 Å². The lowest BCUT2D eigenvalue weighted by Gasteiger charge is -2.17. The molecule has 0 N–H and O–H groups in total. The Bertz CT molecular complexity index is 4250. The van der Waals surface area contributed by atoms with Crippen molar-refractivity contribution in [2.45, 2.75) is 0 Å². The molecule has 0 saturated heterocycles. The molecule has 0 unspecified atom stereocenters. The van der Waals surface area contributed by atoms with Crippen LogP contribution in [0.15, 0.2) is 206 Å². The van der Waals surface area contributed by atoms with Crippen molar-refractivity contribution in [2.75, 3.05) is 0 Å². The largest absolute Gasteiger partial charge is 0.307 e. The van der Waals surface area contributed by atoms with Gasteiger partial charge in [0.05, 0.1) is 92.1 Å². The minimum Gasteiger partial charge on any atom is -0.307 e. The molecule has 0 aliphatic rings. The second kappa shape index (κ2) is 17.4. The van der Waals surface area contributed by atoms with Gasteiger partial charge in [0.2, 0.25) is 0 Å². The van der Waals surface area contributed by atoms with Gasteiger partial charge in [-0.25, -0.2) is 4.98 Å². The van der Waals surface area contributed by atoms with E-state index in [4.69, 9.17) is 4.98 Å². The molecule has 72 heavy (non-hydrogen) atoms. The lowest BCUT2D eigenvalue weighted by molar-refractivity contribution is 1.06. The van der Waals surface area contributed by atoms with E-state index in [0.29, 0.717) is 33.6 Å². The summed E-state index contributed by atoms with van der Waals surface area (Å²) in [5.74, 6) is 0.598. The molecule has 12 aromatic rings. The van der Waals surface area contributed by atoms with E-state index in [1.807, 2.05) is 134 Å². The summed E-state index contributed by atoms with van der Waals surface area (Å²) in [6, 6.07) is 76.8. The Morgan fingerprint density at radius 2 is 0.667 bits per heavy atom. The predicted molar refractivity (Wildman–Crippen MR) is 284 cm³/mol. The first-order valence-electron chi connectivity index (χ1n) is 23.1. The number of aromatic nitrogens is 3. The molecule has 0 bridgehead atoms. The first kappa shape index (κ1) is 42.5. The minimum atomic E-state index is 0.489. The summed E-state index contributed by atoms with van der Waals surface area (Å²) in [5.41, 5.74) is 15.1. The quantitative estimate of drug-likeness (QED) is 0.156. The Kier molecular flexibility index (Phi) is 10.3. The molecule has 8 nitrogen and oxygen atoms in total. The molecule has 330 valence electrons. The van der Waals surface area contributed by atoms with Crippen molar-refractivity contribution < 1.29 is 0 Å². The number of hydrogen-bond donors (Lipinski definition) is 0. The van der Waals surface area contributed by atoms with Crippen LogP contribution in [0.2, 0.25) is 0 Å². The Morgan fingerprint density at radius 3 is 1.04 bits per heavy atom. The van der Waals surface area contributed by atoms with Crippen LogP contribution in [0.25, 0.3) is 111 Å². The SMILES string of the molecule is N#Cc1cccc(-c2cc(-n3c4cc(-c5ccccc5C#N)ccc4c4ccc(-c5ccccc5C#N)cc43)ncc2-n2c3cc(-c4ccccc4C#N)ccc3c3ccc(-c4ccccc4C#N)cc32)c1. The highest BCUT2D eigenvalue weighted by Crippen LogP contribution is 2.43. The van der Waals surface area contributed by atoms with Crippen LogP contribution in [0.4, 0.5) is 0 Å². The molecule has 0 spiro atoms. The van der Waals surface area contributed by atoms with E-state index in [-0.39, 0.29) is 0 Å². The van der Waals surface area contributed by atoms with Crippen LogP contribution in [-0.4, -0.2) is 14.1 Å². The molecule has 8 heteroatoms. The first-order chi connectivity index (χ1) is 35.5. The number of rotatable bonds is 7. The highest BCUT2D eigenvalue weighted by Gasteiger charge is 2.23. The molecule has 0 atom stereocenters. The number of fused-ring (bicyclic) bond motifs is 6. The Balaban J connectivity index is 1.19. The third-order valence-electron chi connectivity index (χ3n) is 13.6. The van der Waals surface area contributed by atoms with Gasteiger partial charge >= 0.3 is 0 Å². The molecule has 0 radical (unpaired) electrons. The predicted octanol–water partition coefficient (Wildman–Crippen LogP) is 15.0. The lowest BCUT2D eigenvalue weighted by Crippen LogP contribution is -2.04. The summed E-state index contributed by atoms with van der Waals surface area (Å²) in [7, 11) is 0. The number of nitriles is 5. The van der Waals surface area contributed by atoms with E-state index in [1.165, 1.54) is 0 Å². The lowest BCUT2D eigenvalue weighted by atomic mass is 9.98. The molecule has 12 rings (SSSR count). The van der Waals surface area contributed by atoms with Gasteiger partial charge in [-0.3, -0.25) is 4.57 Å². The summed E-state index contributed by atoms with van der Waals surface area (Å²) in [4.78, 5) is 5.39. The normalized spacial score (nSPS) is 11.0. The van der Waals surface area contributed by atoms with Crippen molar-refractivity contribution in [3.8, 4) is 97.5 Å². The molecule has 0 amide bonds. The second-order valence-electron chi connectivity index (χ2n) is 17.5. The topological polar surface area (TPSA) is 142 Å². The Morgan fingerprint density at radius 1 is 0.306 bits per heavy atom. The van der Waals surface area contributed by atoms with Crippen LogP contribution in [0.1, 0.15) is 27.8 Å². The summed E-state index contributed by atoms with van der Waals surface area (Å²) in [6.07, 6.45) is 1.88. The highest BCUT2D eigenvalue weighted by atomic mass is 15.1. The van der Waals surface area contributed by atoms with Gasteiger partial charge in [-0.1, -0.05) is 133 Å². The highest BCUT2D eigenvalue weighted by molar-refractivity contribution is 6.13. The first-order valence-corrected chi connectivity index (χ1v) is 23.1. The van der Waals surface area contributed by atoms with Gasteiger partial charge in [0, 0.05) is 27.1 Å². The van der Waals surface area contributed by atoms with E-state index in [9.17, 15) is 26.3 Å². The number of benzene rings is 9. The zero-order valence-electron chi connectivity index (χ0n) is 38.2. The molecular weight excluding hydrogens is 881 g/mol. The van der Waals surface area contributed by atoms with Crippen LogP contribution in [-0.2, 0) is 0 Å². The minimum absolute atomic E-state index is 0.489. The van der Waals surface area contributed by atoms with Gasteiger partial charge in [0.15, 0.2) is 0 Å². The van der Waals surface area contributed by atoms with Crippen LogP contribution in [0.3, 0.4) is 0 Å². The third-order valence-corrected chi connectivity index (χ3v) is 13.6. The van der Waals surface area contributed by atoms with Crippen molar-refractivity contribution in [1.29, 1.82) is 26.3 Å². The zero-order chi connectivity index (χ0) is 48.9. The summed E-state index contributed by atoms with van der Waals surface area (Å²) in [6.45, 7) is 0. The number of pyridine rings is 1. The van der Waals surface area contributed by atoms with Crippen LogP contribution in [0, 0.1) is 56.7 Å². The summed E-state index contributed by atoms with van der Waals surface area (Å²) < 4.78 is 4.34. The van der Waals surface area contributed by atoms with E-state index in [0.717, 1.165) is 105 Å².